The summed E-state index contributed by atoms with van der Waals surface area (Å²) in [6.07, 6.45) is 1.71. The van der Waals surface area contributed by atoms with Gasteiger partial charge in [0.1, 0.15) is 11.5 Å². The van der Waals surface area contributed by atoms with Crippen molar-refractivity contribution >= 4 is 33.3 Å². The molecule has 0 fully saturated rings. The molecule has 1 N–H and O–H groups in total. The molecule has 1 aliphatic rings. The van der Waals surface area contributed by atoms with E-state index in [1.807, 2.05) is 38.1 Å². The van der Waals surface area contributed by atoms with Crippen LogP contribution in [0, 0.1) is 0 Å². The van der Waals surface area contributed by atoms with Gasteiger partial charge < -0.3 is 9.73 Å². The lowest BCUT2D eigenvalue weighted by Gasteiger charge is -2.18. The third-order valence-electron chi connectivity index (χ3n) is 5.11. The molecule has 2 heterocycles. The Morgan fingerprint density at radius 1 is 0.967 bits per heavy atom. The molecule has 0 saturated carbocycles. The first-order valence-corrected chi connectivity index (χ1v) is 11.2. The molecule has 1 amide bonds. The zero-order valence-corrected chi connectivity index (χ0v) is 17.6. The highest BCUT2D eigenvalue weighted by Crippen LogP contribution is 2.33. The van der Waals surface area contributed by atoms with Gasteiger partial charge in [-0.1, -0.05) is 32.0 Å². The topological polar surface area (TPSA) is 79.6 Å². The third-order valence-corrected chi connectivity index (χ3v) is 7.17. The summed E-state index contributed by atoms with van der Waals surface area (Å²) in [5, 5.41) is 2.84. The van der Waals surface area contributed by atoms with Crippen molar-refractivity contribution in [3.63, 3.8) is 0 Å². The first-order valence-electron chi connectivity index (χ1n) is 9.77. The Hall–Kier alpha value is -3.16. The van der Waals surface area contributed by atoms with Gasteiger partial charge in [-0.3, -0.25) is 4.79 Å². The van der Waals surface area contributed by atoms with Crippen molar-refractivity contribution in [1.29, 1.82) is 0 Å². The second kappa shape index (κ2) is 7.93. The second-order valence-corrected chi connectivity index (χ2v) is 8.81. The third kappa shape index (κ3) is 3.58. The Labute approximate surface area is 175 Å². The van der Waals surface area contributed by atoms with Crippen molar-refractivity contribution in [2.24, 2.45) is 0 Å². The molecule has 1 aliphatic heterocycles. The molecule has 1 aromatic heterocycles. The standard InChI is InChI=1S/C23H22N2O4S/c1-3-25(4-2)30(27,28)18-12-9-16(10-13-18)22-14-11-17(29-22)15-20-19-7-5-6-8-21(19)24-23(20)26/h5-15H,3-4H2,1-2H3,(H,24,26)/b20-15-. The Kier molecular flexibility index (Phi) is 5.32. The average Bonchev–Trinajstić information content (AvgIpc) is 3.34. The number of nitrogens with one attached hydrogen (secondary N) is 1. The van der Waals surface area contributed by atoms with Crippen molar-refractivity contribution in [2.75, 3.05) is 18.4 Å². The van der Waals surface area contributed by atoms with E-state index in [2.05, 4.69) is 5.32 Å². The SMILES string of the molecule is CCN(CC)S(=O)(=O)c1ccc(-c2ccc(/C=C3\C(=O)Nc4ccccc43)o2)cc1. The number of amides is 1. The fraction of sp³-hybridized carbons (Fsp3) is 0.174. The highest BCUT2D eigenvalue weighted by atomic mass is 32.2. The fourth-order valence-electron chi connectivity index (χ4n) is 3.51. The lowest BCUT2D eigenvalue weighted by atomic mass is 10.1. The number of rotatable bonds is 6. The van der Waals surface area contributed by atoms with Crippen molar-refractivity contribution in [3.8, 4) is 11.3 Å². The number of carbonyl (C=O) groups is 1. The predicted octanol–water partition coefficient (Wildman–Crippen LogP) is 4.47. The minimum atomic E-state index is -3.50. The number of hydrogen-bond acceptors (Lipinski definition) is 4. The van der Waals surface area contributed by atoms with Crippen LogP contribution >= 0.6 is 0 Å². The molecule has 0 unspecified atom stereocenters. The van der Waals surface area contributed by atoms with E-state index in [9.17, 15) is 13.2 Å². The predicted molar refractivity (Wildman–Crippen MR) is 117 cm³/mol. The van der Waals surface area contributed by atoms with E-state index in [-0.39, 0.29) is 10.8 Å². The van der Waals surface area contributed by atoms with Gasteiger partial charge in [-0.15, -0.1) is 0 Å². The van der Waals surface area contributed by atoms with E-state index in [0.717, 1.165) is 16.8 Å². The minimum absolute atomic E-state index is 0.167. The number of hydrogen-bond donors (Lipinski definition) is 1. The number of benzene rings is 2. The van der Waals surface area contributed by atoms with Crippen LogP contribution in [0.15, 0.2) is 70.0 Å². The summed E-state index contributed by atoms with van der Waals surface area (Å²) in [4.78, 5) is 12.5. The molecule has 3 aromatic rings. The summed E-state index contributed by atoms with van der Waals surface area (Å²) >= 11 is 0. The second-order valence-electron chi connectivity index (χ2n) is 6.87. The van der Waals surface area contributed by atoms with Gasteiger partial charge in [-0.2, -0.15) is 4.31 Å². The summed E-state index contributed by atoms with van der Waals surface area (Å²) in [6.45, 7) is 4.48. The normalized spacial score (nSPS) is 14.9. The molecule has 0 bridgehead atoms. The summed E-state index contributed by atoms with van der Waals surface area (Å²) in [5.74, 6) is 0.979. The summed E-state index contributed by atoms with van der Waals surface area (Å²) in [7, 11) is -3.50. The van der Waals surface area contributed by atoms with E-state index >= 15 is 0 Å². The van der Waals surface area contributed by atoms with Crippen LogP contribution in [0.1, 0.15) is 25.2 Å². The van der Waals surface area contributed by atoms with Crippen LogP contribution in [0.25, 0.3) is 23.0 Å². The van der Waals surface area contributed by atoms with Gasteiger partial charge in [0.15, 0.2) is 0 Å². The van der Waals surface area contributed by atoms with Gasteiger partial charge >= 0.3 is 0 Å². The molecule has 30 heavy (non-hydrogen) atoms. The number of anilines is 1. The van der Waals surface area contributed by atoms with Crippen LogP contribution in [0.2, 0.25) is 0 Å². The number of furan rings is 1. The molecular weight excluding hydrogens is 400 g/mol. The molecule has 0 atom stereocenters. The van der Waals surface area contributed by atoms with Gasteiger partial charge in [-0.05, 0) is 48.5 Å². The zero-order chi connectivity index (χ0) is 21.3. The molecule has 0 radical (unpaired) electrons. The van der Waals surface area contributed by atoms with Crippen molar-refractivity contribution in [1.82, 2.24) is 4.31 Å². The number of nitrogens with zero attached hydrogens (tertiary/aromatic N) is 1. The van der Waals surface area contributed by atoms with Crippen molar-refractivity contribution in [3.05, 3.63) is 72.0 Å². The van der Waals surface area contributed by atoms with Crippen LogP contribution in [0.5, 0.6) is 0 Å². The van der Waals surface area contributed by atoms with Gasteiger partial charge in [-0.25, -0.2) is 8.42 Å². The number of sulfonamides is 1. The summed E-state index contributed by atoms with van der Waals surface area (Å²) < 4.78 is 32.6. The summed E-state index contributed by atoms with van der Waals surface area (Å²) in [6, 6.07) is 17.7. The van der Waals surface area contributed by atoms with Crippen LogP contribution in [-0.2, 0) is 14.8 Å². The van der Waals surface area contributed by atoms with Crippen LogP contribution in [0.4, 0.5) is 5.69 Å². The highest BCUT2D eigenvalue weighted by Gasteiger charge is 2.24. The lowest BCUT2D eigenvalue weighted by molar-refractivity contribution is -0.110. The molecule has 4 rings (SSSR count). The first kappa shape index (κ1) is 20.1. The fourth-order valence-corrected chi connectivity index (χ4v) is 4.97. The molecule has 0 aliphatic carbocycles. The molecule has 6 nitrogen and oxygen atoms in total. The minimum Gasteiger partial charge on any atom is -0.457 e. The Balaban J connectivity index is 1.60. The maximum atomic E-state index is 12.6. The van der Waals surface area contributed by atoms with E-state index in [1.165, 1.54) is 4.31 Å². The molecule has 7 heteroatoms. The maximum Gasteiger partial charge on any atom is 0.256 e. The smallest absolute Gasteiger partial charge is 0.256 e. The Bertz CT molecular complexity index is 1220. The molecule has 0 spiro atoms. The molecular formula is C23H22N2O4S. The lowest BCUT2D eigenvalue weighted by Crippen LogP contribution is -2.30. The van der Waals surface area contributed by atoms with Crippen LogP contribution in [-0.4, -0.2) is 31.7 Å². The van der Waals surface area contributed by atoms with Gasteiger partial charge in [0, 0.05) is 29.9 Å². The van der Waals surface area contributed by atoms with Crippen molar-refractivity contribution < 1.29 is 17.6 Å². The quantitative estimate of drug-likeness (QED) is 0.595. The van der Waals surface area contributed by atoms with E-state index in [4.69, 9.17) is 4.42 Å². The monoisotopic (exact) mass is 422 g/mol. The average molecular weight is 423 g/mol. The van der Waals surface area contributed by atoms with Gasteiger partial charge in [0.2, 0.25) is 10.0 Å². The van der Waals surface area contributed by atoms with E-state index in [1.54, 1.807) is 42.5 Å². The first-order chi connectivity index (χ1) is 14.4. The summed E-state index contributed by atoms with van der Waals surface area (Å²) in [5.41, 5.74) is 2.93. The van der Waals surface area contributed by atoms with Gasteiger partial charge in [0.05, 0.1) is 10.5 Å². The van der Waals surface area contributed by atoms with Crippen LogP contribution in [0.3, 0.4) is 0 Å². The molecule has 154 valence electrons. The largest absolute Gasteiger partial charge is 0.457 e. The van der Waals surface area contributed by atoms with E-state index < -0.39 is 10.0 Å². The maximum absolute atomic E-state index is 12.6. The Morgan fingerprint density at radius 2 is 1.67 bits per heavy atom. The number of carbonyl (C=O) groups excluding carboxylic acids is 1. The number of fused-ring (bicyclic) bond motifs is 1. The van der Waals surface area contributed by atoms with Crippen LogP contribution < -0.4 is 5.32 Å². The molecule has 0 saturated heterocycles. The van der Waals surface area contributed by atoms with E-state index in [0.29, 0.717) is 30.2 Å². The van der Waals surface area contributed by atoms with Crippen molar-refractivity contribution in [2.45, 2.75) is 18.7 Å². The highest BCUT2D eigenvalue weighted by molar-refractivity contribution is 7.89. The number of para-hydroxylation sites is 1. The molecule has 2 aromatic carbocycles. The van der Waals surface area contributed by atoms with Gasteiger partial charge in [0.25, 0.3) is 5.91 Å². The Morgan fingerprint density at radius 3 is 2.37 bits per heavy atom. The zero-order valence-electron chi connectivity index (χ0n) is 16.8.